The van der Waals surface area contributed by atoms with Crippen molar-refractivity contribution < 1.29 is 4.39 Å². The lowest BCUT2D eigenvalue weighted by Gasteiger charge is -2.32. The molecule has 106 valence electrons. The van der Waals surface area contributed by atoms with Crippen molar-refractivity contribution in [2.75, 3.05) is 6.54 Å². The van der Waals surface area contributed by atoms with Gasteiger partial charge in [-0.25, -0.2) is 4.39 Å². The summed E-state index contributed by atoms with van der Waals surface area (Å²) in [6, 6.07) is 5.84. The molecule has 1 unspecified atom stereocenters. The van der Waals surface area contributed by atoms with Gasteiger partial charge in [0, 0.05) is 12.6 Å². The lowest BCUT2D eigenvalue weighted by Crippen LogP contribution is -2.38. The minimum Gasteiger partial charge on any atom is -0.314 e. The van der Waals surface area contributed by atoms with Crippen molar-refractivity contribution >= 4 is 15.9 Å². The second kappa shape index (κ2) is 5.92. The normalized spacial score (nSPS) is 18.6. The predicted molar refractivity (Wildman–Crippen MR) is 81.8 cm³/mol. The Morgan fingerprint density at radius 2 is 2.11 bits per heavy atom. The van der Waals surface area contributed by atoms with Crippen LogP contribution in [0.2, 0.25) is 0 Å². The molecule has 0 saturated heterocycles. The molecule has 1 atom stereocenters. The molecule has 2 rings (SSSR count). The van der Waals surface area contributed by atoms with Crippen molar-refractivity contribution in [3.63, 3.8) is 0 Å². The second-order valence-corrected chi connectivity index (χ2v) is 7.15. The van der Waals surface area contributed by atoms with Crippen LogP contribution in [0, 0.1) is 17.2 Å². The summed E-state index contributed by atoms with van der Waals surface area (Å²) < 4.78 is 14.3. The van der Waals surface area contributed by atoms with Crippen molar-refractivity contribution in [1.29, 1.82) is 0 Å². The second-order valence-electron chi connectivity index (χ2n) is 6.35. The summed E-state index contributed by atoms with van der Waals surface area (Å²) in [5.74, 6) is 0.612. The van der Waals surface area contributed by atoms with Crippen LogP contribution in [0.3, 0.4) is 0 Å². The number of nitrogens with one attached hydrogen (secondary N) is 1. The van der Waals surface area contributed by atoms with E-state index in [4.69, 9.17) is 0 Å². The number of benzene rings is 1. The molecule has 1 aliphatic rings. The Kier molecular flexibility index (Phi) is 4.67. The first-order valence-corrected chi connectivity index (χ1v) is 7.88. The molecule has 0 aromatic heterocycles. The van der Waals surface area contributed by atoms with Gasteiger partial charge in [-0.15, -0.1) is 0 Å². The minimum absolute atomic E-state index is 0.160. The summed E-state index contributed by atoms with van der Waals surface area (Å²) in [6.45, 7) is 7.67. The molecule has 1 nitrogen and oxygen atoms in total. The fourth-order valence-corrected chi connectivity index (χ4v) is 3.09. The Labute approximate surface area is 124 Å². The maximum atomic E-state index is 13.6. The molecule has 1 aliphatic carbocycles. The Morgan fingerprint density at radius 1 is 1.42 bits per heavy atom. The van der Waals surface area contributed by atoms with Gasteiger partial charge < -0.3 is 5.32 Å². The third kappa shape index (κ3) is 3.79. The van der Waals surface area contributed by atoms with E-state index >= 15 is 0 Å². The molecule has 0 spiro atoms. The van der Waals surface area contributed by atoms with Crippen molar-refractivity contribution in [2.45, 2.75) is 46.1 Å². The van der Waals surface area contributed by atoms with Crippen LogP contribution in [0.25, 0.3) is 0 Å². The number of halogens is 2. The third-order valence-corrected chi connectivity index (χ3v) is 4.99. The monoisotopic (exact) mass is 327 g/mol. The number of hydrogen-bond acceptors (Lipinski definition) is 1. The van der Waals surface area contributed by atoms with Crippen molar-refractivity contribution in [3.8, 4) is 0 Å². The fraction of sp³-hybridized carbons (Fsp3) is 0.625. The highest BCUT2D eigenvalue weighted by Crippen LogP contribution is 2.47. The van der Waals surface area contributed by atoms with E-state index in [9.17, 15) is 4.39 Å². The van der Waals surface area contributed by atoms with Gasteiger partial charge in [-0.2, -0.15) is 0 Å². The van der Waals surface area contributed by atoms with E-state index < -0.39 is 0 Å². The molecule has 0 bridgehead atoms. The summed E-state index contributed by atoms with van der Waals surface area (Å²) >= 11 is 3.39. The molecule has 1 fully saturated rings. The topological polar surface area (TPSA) is 12.0 Å². The van der Waals surface area contributed by atoms with Gasteiger partial charge in [-0.05, 0) is 58.2 Å². The first-order valence-electron chi connectivity index (χ1n) is 7.08. The van der Waals surface area contributed by atoms with Gasteiger partial charge in [0.25, 0.3) is 0 Å². The molecule has 0 heterocycles. The van der Waals surface area contributed by atoms with Gasteiger partial charge in [0.1, 0.15) is 5.82 Å². The molecular weight excluding hydrogens is 305 g/mol. The van der Waals surface area contributed by atoms with E-state index in [-0.39, 0.29) is 11.2 Å². The van der Waals surface area contributed by atoms with Crippen LogP contribution in [0.5, 0.6) is 0 Å². The zero-order valence-corrected chi connectivity index (χ0v) is 13.6. The molecule has 1 N–H and O–H groups in total. The molecular formula is C16H23BrFN. The van der Waals surface area contributed by atoms with Crippen LogP contribution in [-0.2, 0) is 6.42 Å². The van der Waals surface area contributed by atoms with Crippen molar-refractivity contribution in [1.82, 2.24) is 5.32 Å². The molecule has 0 amide bonds. The number of rotatable bonds is 6. The molecule has 1 aromatic rings. The van der Waals surface area contributed by atoms with Crippen LogP contribution >= 0.6 is 15.9 Å². The van der Waals surface area contributed by atoms with E-state index in [0.717, 1.165) is 24.4 Å². The van der Waals surface area contributed by atoms with E-state index in [0.29, 0.717) is 10.5 Å². The highest BCUT2D eigenvalue weighted by Gasteiger charge is 2.41. The Morgan fingerprint density at radius 3 is 2.68 bits per heavy atom. The smallest absolute Gasteiger partial charge is 0.137 e. The van der Waals surface area contributed by atoms with Crippen molar-refractivity contribution in [3.05, 3.63) is 34.1 Å². The lowest BCUT2D eigenvalue weighted by molar-refractivity contribution is 0.248. The van der Waals surface area contributed by atoms with Gasteiger partial charge in [-0.1, -0.05) is 32.9 Å². The molecule has 19 heavy (non-hydrogen) atoms. The molecule has 1 aromatic carbocycles. The van der Waals surface area contributed by atoms with Crippen LogP contribution < -0.4 is 5.32 Å². The summed E-state index contributed by atoms with van der Waals surface area (Å²) in [5, 5.41) is 3.55. The summed E-state index contributed by atoms with van der Waals surface area (Å²) in [7, 11) is 0. The molecule has 1 saturated carbocycles. The van der Waals surface area contributed by atoms with Crippen LogP contribution in [-0.4, -0.2) is 12.6 Å². The Bertz CT molecular complexity index is 442. The van der Waals surface area contributed by atoms with Gasteiger partial charge >= 0.3 is 0 Å². The maximum Gasteiger partial charge on any atom is 0.137 e. The largest absolute Gasteiger partial charge is 0.314 e. The first kappa shape index (κ1) is 15.0. The van der Waals surface area contributed by atoms with Gasteiger partial charge in [0.15, 0.2) is 0 Å². The number of hydrogen-bond donors (Lipinski definition) is 1. The maximum absolute atomic E-state index is 13.6. The van der Waals surface area contributed by atoms with E-state index in [2.05, 4.69) is 42.0 Å². The lowest BCUT2D eigenvalue weighted by atomic mass is 9.78. The highest BCUT2D eigenvalue weighted by molar-refractivity contribution is 9.10. The highest BCUT2D eigenvalue weighted by atomic mass is 79.9. The SMILES string of the molecule is CC(C)NCC(C)(Cc1cccc(F)c1Br)C1CC1. The van der Waals surface area contributed by atoms with E-state index in [1.54, 1.807) is 6.07 Å². The van der Waals surface area contributed by atoms with Gasteiger partial charge in [0.05, 0.1) is 4.47 Å². The Balaban J connectivity index is 2.14. The standard InChI is InChI=1S/C16H23BrFN/c1-11(2)19-10-16(3,13-7-8-13)9-12-5-4-6-14(18)15(12)17/h4-6,11,13,19H,7-10H2,1-3H3. The van der Waals surface area contributed by atoms with Gasteiger partial charge in [0.2, 0.25) is 0 Å². The molecule has 0 radical (unpaired) electrons. The Hall–Kier alpha value is -0.410. The first-order chi connectivity index (χ1) is 8.92. The zero-order valence-electron chi connectivity index (χ0n) is 12.0. The van der Waals surface area contributed by atoms with Gasteiger partial charge in [-0.3, -0.25) is 0 Å². The zero-order chi connectivity index (χ0) is 14.0. The van der Waals surface area contributed by atoms with Crippen LogP contribution in [0.15, 0.2) is 22.7 Å². The average Bonchev–Trinajstić information content (AvgIpc) is 3.17. The summed E-state index contributed by atoms with van der Waals surface area (Å²) in [6.07, 6.45) is 3.54. The summed E-state index contributed by atoms with van der Waals surface area (Å²) in [5.41, 5.74) is 1.31. The van der Waals surface area contributed by atoms with E-state index in [1.165, 1.54) is 18.9 Å². The summed E-state index contributed by atoms with van der Waals surface area (Å²) in [4.78, 5) is 0. The molecule has 3 heteroatoms. The van der Waals surface area contributed by atoms with Crippen molar-refractivity contribution in [2.24, 2.45) is 11.3 Å². The average molecular weight is 328 g/mol. The van der Waals surface area contributed by atoms with E-state index in [1.807, 2.05) is 6.07 Å². The third-order valence-electron chi connectivity index (χ3n) is 4.10. The minimum atomic E-state index is -0.160. The quantitative estimate of drug-likeness (QED) is 0.808. The molecule has 0 aliphatic heterocycles. The fourth-order valence-electron chi connectivity index (χ4n) is 2.69. The predicted octanol–water partition coefficient (Wildman–Crippen LogP) is 4.55. The van der Waals surface area contributed by atoms with Crippen LogP contribution in [0.4, 0.5) is 4.39 Å². The van der Waals surface area contributed by atoms with Crippen LogP contribution in [0.1, 0.15) is 39.2 Å².